The number of aromatic nitrogens is 2. The molecule has 0 aliphatic heterocycles. The van der Waals surface area contributed by atoms with Crippen molar-refractivity contribution in [3.8, 4) is 0 Å². The van der Waals surface area contributed by atoms with E-state index in [0.29, 0.717) is 19.0 Å². The third-order valence-electron chi connectivity index (χ3n) is 1.99. The molecule has 0 saturated heterocycles. The number of nitrogens with one attached hydrogen (secondary N) is 2. The van der Waals surface area contributed by atoms with Gasteiger partial charge in [0.2, 0.25) is 0 Å². The molecule has 0 bridgehead atoms. The molecular formula is C9H17N5O3S. The summed E-state index contributed by atoms with van der Waals surface area (Å²) in [5.74, 6) is 0.723. The number of anilines is 2. The van der Waals surface area contributed by atoms with Crippen molar-refractivity contribution in [1.82, 2.24) is 14.5 Å². The van der Waals surface area contributed by atoms with Crippen LogP contribution >= 0.6 is 0 Å². The first-order valence-electron chi connectivity index (χ1n) is 5.22. The van der Waals surface area contributed by atoms with Crippen LogP contribution in [0.25, 0.3) is 0 Å². The minimum atomic E-state index is -3.54. The zero-order valence-electron chi connectivity index (χ0n) is 10.5. The molecule has 0 spiro atoms. The molecule has 2 N–H and O–H groups in total. The van der Waals surface area contributed by atoms with E-state index in [1.165, 1.54) is 20.2 Å². The van der Waals surface area contributed by atoms with Crippen molar-refractivity contribution < 1.29 is 13.2 Å². The van der Waals surface area contributed by atoms with Gasteiger partial charge in [0.25, 0.3) is 0 Å². The summed E-state index contributed by atoms with van der Waals surface area (Å²) in [6.07, 6.45) is 0. The predicted molar refractivity (Wildman–Crippen MR) is 68.6 cm³/mol. The Morgan fingerprint density at radius 2 is 1.89 bits per heavy atom. The summed E-state index contributed by atoms with van der Waals surface area (Å²) in [5, 5.41) is 10.6. The largest absolute Gasteiger partial charge is 0.383 e. The van der Waals surface area contributed by atoms with Gasteiger partial charge in [-0.3, -0.25) is 4.72 Å². The lowest BCUT2D eigenvalue weighted by molar-refractivity contribution is 0.210. The zero-order chi connectivity index (χ0) is 13.6. The van der Waals surface area contributed by atoms with E-state index in [-0.39, 0.29) is 5.82 Å². The third-order valence-corrected chi connectivity index (χ3v) is 3.42. The fourth-order valence-electron chi connectivity index (χ4n) is 0.986. The third kappa shape index (κ3) is 4.43. The Kier molecular flexibility index (Phi) is 5.25. The van der Waals surface area contributed by atoms with E-state index in [9.17, 15) is 8.42 Å². The lowest BCUT2D eigenvalue weighted by Gasteiger charge is -2.12. The highest BCUT2D eigenvalue weighted by Crippen LogP contribution is 2.08. The molecule has 1 aromatic heterocycles. The van der Waals surface area contributed by atoms with E-state index in [1.807, 2.05) is 0 Å². The monoisotopic (exact) mass is 275 g/mol. The fourth-order valence-corrected chi connectivity index (χ4v) is 1.54. The summed E-state index contributed by atoms with van der Waals surface area (Å²) in [5.41, 5.74) is 0. The molecule has 0 radical (unpaired) electrons. The SMILES string of the molecule is COCCNc1ccc(NS(=O)(=O)N(C)C)nn1. The molecule has 1 heterocycles. The van der Waals surface area contributed by atoms with Gasteiger partial charge in [0.15, 0.2) is 5.82 Å². The van der Waals surface area contributed by atoms with E-state index in [1.54, 1.807) is 13.2 Å². The van der Waals surface area contributed by atoms with Crippen LogP contribution in [0.5, 0.6) is 0 Å². The number of methoxy groups -OCH3 is 1. The average Bonchev–Trinajstić information content (AvgIpc) is 2.31. The van der Waals surface area contributed by atoms with Crippen LogP contribution in [0.3, 0.4) is 0 Å². The highest BCUT2D eigenvalue weighted by Gasteiger charge is 2.13. The van der Waals surface area contributed by atoms with Gasteiger partial charge < -0.3 is 10.1 Å². The molecule has 8 nitrogen and oxygen atoms in total. The number of ether oxygens (including phenoxy) is 1. The van der Waals surface area contributed by atoms with Crippen LogP contribution in [0.2, 0.25) is 0 Å². The summed E-state index contributed by atoms with van der Waals surface area (Å²) < 4.78 is 31.2. The summed E-state index contributed by atoms with van der Waals surface area (Å²) in [4.78, 5) is 0. The summed E-state index contributed by atoms with van der Waals surface area (Å²) in [6, 6.07) is 3.17. The van der Waals surface area contributed by atoms with E-state index in [2.05, 4.69) is 20.2 Å². The number of hydrogen-bond donors (Lipinski definition) is 2. The van der Waals surface area contributed by atoms with Crippen molar-refractivity contribution in [2.24, 2.45) is 0 Å². The van der Waals surface area contributed by atoms with Gasteiger partial charge in [0, 0.05) is 27.7 Å². The van der Waals surface area contributed by atoms with Gasteiger partial charge in [0.05, 0.1) is 6.61 Å². The summed E-state index contributed by atoms with van der Waals surface area (Å²) in [6.45, 7) is 1.16. The van der Waals surface area contributed by atoms with Crippen LogP contribution in [-0.4, -0.2) is 57.3 Å². The van der Waals surface area contributed by atoms with Gasteiger partial charge in [-0.25, -0.2) is 0 Å². The van der Waals surface area contributed by atoms with Gasteiger partial charge in [-0.1, -0.05) is 0 Å². The molecule has 0 saturated carbocycles. The van der Waals surface area contributed by atoms with Crippen LogP contribution in [0.4, 0.5) is 11.6 Å². The van der Waals surface area contributed by atoms with Crippen molar-refractivity contribution in [2.45, 2.75) is 0 Å². The normalized spacial score (nSPS) is 11.6. The maximum Gasteiger partial charge on any atom is 0.302 e. The molecule has 0 aliphatic carbocycles. The van der Waals surface area contributed by atoms with Crippen LogP contribution < -0.4 is 10.0 Å². The van der Waals surface area contributed by atoms with Crippen molar-refractivity contribution >= 4 is 21.8 Å². The highest BCUT2D eigenvalue weighted by atomic mass is 32.2. The molecule has 0 fully saturated rings. The second-order valence-corrected chi connectivity index (χ2v) is 5.50. The van der Waals surface area contributed by atoms with Crippen molar-refractivity contribution in [1.29, 1.82) is 0 Å². The second kappa shape index (κ2) is 6.47. The first kappa shape index (κ1) is 14.6. The summed E-state index contributed by atoms with van der Waals surface area (Å²) >= 11 is 0. The standard InChI is InChI=1S/C9H17N5O3S/c1-14(2)18(15,16)13-9-5-4-8(11-12-9)10-6-7-17-3/h4-5H,6-7H2,1-3H3,(H,10,11)(H,12,13). The van der Waals surface area contributed by atoms with Crippen LogP contribution in [0, 0.1) is 0 Å². The van der Waals surface area contributed by atoms with Crippen LogP contribution in [0.1, 0.15) is 0 Å². The Labute approximate surface area is 107 Å². The van der Waals surface area contributed by atoms with Crippen molar-refractivity contribution in [3.05, 3.63) is 12.1 Å². The Balaban J connectivity index is 2.61. The maximum atomic E-state index is 11.5. The first-order chi connectivity index (χ1) is 8.45. The second-order valence-electron chi connectivity index (χ2n) is 3.61. The molecule has 0 aromatic carbocycles. The first-order valence-corrected chi connectivity index (χ1v) is 6.66. The Morgan fingerprint density at radius 1 is 1.28 bits per heavy atom. The molecule has 0 amide bonds. The molecule has 0 aliphatic rings. The minimum absolute atomic E-state index is 0.168. The quantitative estimate of drug-likeness (QED) is 0.666. The van der Waals surface area contributed by atoms with Crippen molar-refractivity contribution in [3.63, 3.8) is 0 Å². The summed E-state index contributed by atoms with van der Waals surface area (Å²) in [7, 11) is 0.913. The number of rotatable bonds is 7. The molecule has 18 heavy (non-hydrogen) atoms. The van der Waals surface area contributed by atoms with Gasteiger partial charge in [-0.05, 0) is 12.1 Å². The van der Waals surface area contributed by atoms with E-state index in [0.717, 1.165) is 4.31 Å². The van der Waals surface area contributed by atoms with Crippen LogP contribution in [-0.2, 0) is 14.9 Å². The molecule has 1 aromatic rings. The predicted octanol–water partition coefficient (Wildman–Crippen LogP) is -0.247. The zero-order valence-corrected chi connectivity index (χ0v) is 11.4. The molecule has 0 atom stereocenters. The Morgan fingerprint density at radius 3 is 2.39 bits per heavy atom. The average molecular weight is 275 g/mol. The van der Waals surface area contributed by atoms with E-state index < -0.39 is 10.2 Å². The van der Waals surface area contributed by atoms with Gasteiger partial charge >= 0.3 is 10.2 Å². The minimum Gasteiger partial charge on any atom is -0.383 e. The van der Waals surface area contributed by atoms with Gasteiger partial charge in [-0.2, -0.15) is 12.7 Å². The molecule has 1 rings (SSSR count). The Hall–Kier alpha value is -1.45. The van der Waals surface area contributed by atoms with Crippen LogP contribution in [0.15, 0.2) is 12.1 Å². The molecule has 9 heteroatoms. The lowest BCUT2D eigenvalue weighted by atomic mass is 10.5. The highest BCUT2D eigenvalue weighted by molar-refractivity contribution is 7.90. The smallest absolute Gasteiger partial charge is 0.302 e. The van der Waals surface area contributed by atoms with Gasteiger partial charge in [0.1, 0.15) is 5.82 Å². The van der Waals surface area contributed by atoms with E-state index in [4.69, 9.17) is 4.74 Å². The number of nitrogens with zero attached hydrogens (tertiary/aromatic N) is 3. The van der Waals surface area contributed by atoms with Gasteiger partial charge in [-0.15, -0.1) is 10.2 Å². The topological polar surface area (TPSA) is 96.5 Å². The number of hydrogen-bond acceptors (Lipinski definition) is 6. The molecular weight excluding hydrogens is 258 g/mol. The maximum absolute atomic E-state index is 11.5. The molecule has 0 unspecified atom stereocenters. The molecule has 102 valence electrons. The Bertz CT molecular complexity index is 460. The van der Waals surface area contributed by atoms with Crippen molar-refractivity contribution in [2.75, 3.05) is 44.4 Å². The fraction of sp³-hybridized carbons (Fsp3) is 0.556. The van der Waals surface area contributed by atoms with E-state index >= 15 is 0 Å². The lowest BCUT2D eigenvalue weighted by Crippen LogP contribution is -2.29.